The molecule has 4 rings (SSSR count). The van der Waals surface area contributed by atoms with Gasteiger partial charge in [-0.3, -0.25) is 0 Å². The number of aromatic nitrogens is 1. The molecule has 0 amide bonds. The maximum absolute atomic E-state index is 11.6. The van der Waals surface area contributed by atoms with E-state index in [0.717, 1.165) is 26.5 Å². The van der Waals surface area contributed by atoms with Crippen molar-refractivity contribution in [3.05, 3.63) is 106 Å². The van der Waals surface area contributed by atoms with Crippen LogP contribution < -0.4 is 0 Å². The maximum atomic E-state index is 11.6. The second-order valence-electron chi connectivity index (χ2n) is 6.10. The number of halogens is 1. The van der Waals surface area contributed by atoms with Crippen LogP contribution in [-0.4, -0.2) is 10.1 Å². The van der Waals surface area contributed by atoms with E-state index in [1.54, 1.807) is 0 Å². The highest BCUT2D eigenvalue weighted by Gasteiger charge is 2.31. The van der Waals surface area contributed by atoms with Crippen molar-refractivity contribution < 1.29 is 5.11 Å². The summed E-state index contributed by atoms with van der Waals surface area (Å²) in [5.74, 6) is 6.20. The van der Waals surface area contributed by atoms with Crippen molar-refractivity contribution in [1.29, 1.82) is 0 Å². The summed E-state index contributed by atoms with van der Waals surface area (Å²) >= 11 is 3.43. The number of benzene rings is 3. The second-order valence-corrected chi connectivity index (χ2v) is 7.02. The summed E-state index contributed by atoms with van der Waals surface area (Å²) < 4.78 is 0.997. The van der Waals surface area contributed by atoms with E-state index in [4.69, 9.17) is 0 Å². The molecule has 1 unspecified atom stereocenters. The summed E-state index contributed by atoms with van der Waals surface area (Å²) in [7, 11) is 0. The van der Waals surface area contributed by atoms with Gasteiger partial charge in [0.05, 0.1) is 5.69 Å². The van der Waals surface area contributed by atoms with E-state index in [0.29, 0.717) is 5.69 Å². The Balaban J connectivity index is 1.86. The number of H-pyrrole nitrogens is 1. The molecule has 1 heterocycles. The van der Waals surface area contributed by atoms with Gasteiger partial charge in [-0.15, -0.1) is 0 Å². The Morgan fingerprint density at radius 1 is 0.846 bits per heavy atom. The molecule has 0 fully saturated rings. The Labute approximate surface area is 160 Å². The molecule has 0 spiro atoms. The fourth-order valence-electron chi connectivity index (χ4n) is 2.94. The summed E-state index contributed by atoms with van der Waals surface area (Å²) in [6.45, 7) is 0. The molecule has 0 aliphatic heterocycles. The Hall–Kier alpha value is -2.80. The number of aromatic amines is 1. The molecular formula is C23H16BrNO. The molecule has 126 valence electrons. The van der Waals surface area contributed by atoms with Crippen LogP contribution in [0.5, 0.6) is 0 Å². The van der Waals surface area contributed by atoms with Crippen LogP contribution in [0.15, 0.2) is 89.4 Å². The van der Waals surface area contributed by atoms with E-state index in [1.165, 1.54) is 0 Å². The zero-order valence-electron chi connectivity index (χ0n) is 13.9. The molecule has 0 radical (unpaired) electrons. The SMILES string of the molecule is OC(C#Cc1ccc(Br)cc1)(c1ccccc1)c1cc2ccccc2[nH]1. The van der Waals surface area contributed by atoms with Crippen molar-refractivity contribution in [3.8, 4) is 11.8 Å². The van der Waals surface area contributed by atoms with E-state index >= 15 is 0 Å². The Kier molecular flexibility index (Phi) is 4.38. The van der Waals surface area contributed by atoms with Crippen LogP contribution in [0.1, 0.15) is 16.8 Å². The van der Waals surface area contributed by atoms with Gasteiger partial charge in [-0.2, -0.15) is 0 Å². The van der Waals surface area contributed by atoms with Gasteiger partial charge in [-0.25, -0.2) is 0 Å². The third kappa shape index (κ3) is 3.17. The topological polar surface area (TPSA) is 36.0 Å². The third-order valence-corrected chi connectivity index (χ3v) is 4.87. The lowest BCUT2D eigenvalue weighted by Gasteiger charge is -2.21. The van der Waals surface area contributed by atoms with Crippen molar-refractivity contribution in [2.45, 2.75) is 5.60 Å². The first kappa shape index (κ1) is 16.7. The van der Waals surface area contributed by atoms with Crippen LogP contribution in [0.2, 0.25) is 0 Å². The van der Waals surface area contributed by atoms with E-state index in [9.17, 15) is 5.11 Å². The average molecular weight is 402 g/mol. The van der Waals surface area contributed by atoms with Crippen LogP contribution >= 0.6 is 15.9 Å². The van der Waals surface area contributed by atoms with E-state index in [-0.39, 0.29) is 0 Å². The zero-order chi connectivity index (χ0) is 18.0. The highest BCUT2D eigenvalue weighted by atomic mass is 79.9. The summed E-state index contributed by atoms with van der Waals surface area (Å²) in [5.41, 5.74) is 1.79. The normalized spacial score (nSPS) is 13.0. The number of rotatable bonds is 2. The van der Waals surface area contributed by atoms with Gasteiger partial charge >= 0.3 is 0 Å². The smallest absolute Gasteiger partial charge is 0.192 e. The molecule has 2 N–H and O–H groups in total. The predicted molar refractivity (Wildman–Crippen MR) is 109 cm³/mol. The molecule has 0 bridgehead atoms. The number of aliphatic hydroxyl groups is 1. The van der Waals surface area contributed by atoms with Gasteiger partial charge in [0.15, 0.2) is 5.60 Å². The minimum absolute atomic E-state index is 0.662. The predicted octanol–water partition coefficient (Wildman–Crippen LogP) is 5.22. The van der Waals surface area contributed by atoms with Crippen molar-refractivity contribution in [3.63, 3.8) is 0 Å². The molecule has 0 aliphatic carbocycles. The van der Waals surface area contributed by atoms with E-state index in [1.807, 2.05) is 84.9 Å². The van der Waals surface area contributed by atoms with Crippen molar-refractivity contribution in [1.82, 2.24) is 4.98 Å². The van der Waals surface area contributed by atoms with Crippen molar-refractivity contribution in [2.24, 2.45) is 0 Å². The number of para-hydroxylation sites is 1. The number of fused-ring (bicyclic) bond motifs is 1. The third-order valence-electron chi connectivity index (χ3n) is 4.34. The molecule has 26 heavy (non-hydrogen) atoms. The molecule has 3 aromatic carbocycles. The summed E-state index contributed by atoms with van der Waals surface area (Å²) in [5, 5.41) is 12.6. The van der Waals surface area contributed by atoms with Crippen LogP contribution in [-0.2, 0) is 5.60 Å². The average Bonchev–Trinajstić information content (AvgIpc) is 3.13. The van der Waals surface area contributed by atoms with Gasteiger partial charge in [0, 0.05) is 21.1 Å². The number of hydrogen-bond donors (Lipinski definition) is 2. The van der Waals surface area contributed by atoms with Gasteiger partial charge in [-0.1, -0.05) is 76.3 Å². The fraction of sp³-hybridized carbons (Fsp3) is 0.0435. The standard InChI is InChI=1S/C23H16BrNO/c24-20-12-10-17(11-13-20)14-15-23(26,19-7-2-1-3-8-19)22-16-18-6-4-5-9-21(18)25-22/h1-13,16,25-26H. The molecule has 0 saturated heterocycles. The number of nitrogens with one attached hydrogen (secondary N) is 1. The molecule has 0 saturated carbocycles. The Morgan fingerprint density at radius 3 is 2.27 bits per heavy atom. The largest absolute Gasteiger partial charge is 0.368 e. The van der Waals surface area contributed by atoms with E-state index in [2.05, 4.69) is 32.8 Å². The molecule has 2 nitrogen and oxygen atoms in total. The minimum Gasteiger partial charge on any atom is -0.368 e. The maximum Gasteiger partial charge on any atom is 0.192 e. The Morgan fingerprint density at radius 2 is 1.54 bits per heavy atom. The first-order chi connectivity index (χ1) is 12.6. The molecule has 0 aliphatic rings. The van der Waals surface area contributed by atoms with Gasteiger partial charge < -0.3 is 10.1 Å². The highest BCUT2D eigenvalue weighted by molar-refractivity contribution is 9.10. The first-order valence-electron chi connectivity index (χ1n) is 8.30. The lowest BCUT2D eigenvalue weighted by Crippen LogP contribution is -2.25. The highest BCUT2D eigenvalue weighted by Crippen LogP contribution is 2.31. The minimum atomic E-state index is -1.42. The van der Waals surface area contributed by atoms with Gasteiger partial charge in [0.25, 0.3) is 0 Å². The summed E-state index contributed by atoms with van der Waals surface area (Å²) in [6, 6.07) is 27.2. The zero-order valence-corrected chi connectivity index (χ0v) is 15.5. The second kappa shape index (κ2) is 6.84. The summed E-state index contributed by atoms with van der Waals surface area (Å²) in [4.78, 5) is 3.32. The molecular weight excluding hydrogens is 386 g/mol. The van der Waals surface area contributed by atoms with Gasteiger partial charge in [0.2, 0.25) is 0 Å². The van der Waals surface area contributed by atoms with Crippen LogP contribution in [0.3, 0.4) is 0 Å². The van der Waals surface area contributed by atoms with E-state index < -0.39 is 5.60 Å². The number of hydrogen-bond acceptors (Lipinski definition) is 1. The monoisotopic (exact) mass is 401 g/mol. The van der Waals surface area contributed by atoms with Crippen LogP contribution in [0.4, 0.5) is 0 Å². The lowest BCUT2D eigenvalue weighted by molar-refractivity contribution is 0.141. The fourth-order valence-corrected chi connectivity index (χ4v) is 3.20. The van der Waals surface area contributed by atoms with Gasteiger partial charge in [0.1, 0.15) is 0 Å². The quantitative estimate of drug-likeness (QED) is 0.444. The van der Waals surface area contributed by atoms with Crippen molar-refractivity contribution >= 4 is 26.8 Å². The Bertz CT molecular complexity index is 1070. The summed E-state index contributed by atoms with van der Waals surface area (Å²) in [6.07, 6.45) is 0. The van der Waals surface area contributed by atoms with Gasteiger partial charge in [-0.05, 0) is 41.8 Å². The van der Waals surface area contributed by atoms with Crippen LogP contribution in [0.25, 0.3) is 10.9 Å². The lowest BCUT2D eigenvalue weighted by atomic mass is 9.90. The van der Waals surface area contributed by atoms with Crippen molar-refractivity contribution in [2.75, 3.05) is 0 Å². The molecule has 4 aromatic rings. The first-order valence-corrected chi connectivity index (χ1v) is 9.09. The molecule has 1 aromatic heterocycles. The van der Waals surface area contributed by atoms with Crippen LogP contribution in [0, 0.1) is 11.8 Å². The molecule has 1 atom stereocenters. The molecule has 3 heteroatoms.